The molecule has 0 saturated heterocycles. The zero-order valence-electron chi connectivity index (χ0n) is 13.3. The summed E-state index contributed by atoms with van der Waals surface area (Å²) < 4.78 is 24.9. The standard InChI is InChI=1S/C18H15N3O2S/c1-13-3-7-16(8-4-13)21-18(11-15(12-19)20-21)14-5-9-17(10-6-14)24(2,22)23/h3-11H,1-2H3. The number of rotatable bonds is 3. The third kappa shape index (κ3) is 3.07. The van der Waals surface area contributed by atoms with Crippen LogP contribution < -0.4 is 0 Å². The molecule has 0 atom stereocenters. The van der Waals surface area contributed by atoms with E-state index in [4.69, 9.17) is 5.26 Å². The van der Waals surface area contributed by atoms with E-state index < -0.39 is 9.84 Å². The fourth-order valence-electron chi connectivity index (χ4n) is 2.40. The number of sulfone groups is 1. The Morgan fingerprint density at radius 2 is 1.67 bits per heavy atom. The molecule has 1 aromatic heterocycles. The molecular weight excluding hydrogens is 322 g/mol. The minimum Gasteiger partial charge on any atom is -0.232 e. The van der Waals surface area contributed by atoms with Gasteiger partial charge in [-0.25, -0.2) is 13.1 Å². The maximum atomic E-state index is 11.6. The largest absolute Gasteiger partial charge is 0.232 e. The summed E-state index contributed by atoms with van der Waals surface area (Å²) in [6.45, 7) is 2.00. The summed E-state index contributed by atoms with van der Waals surface area (Å²) in [4.78, 5) is 0.258. The van der Waals surface area contributed by atoms with Gasteiger partial charge in [-0.3, -0.25) is 0 Å². The van der Waals surface area contributed by atoms with Crippen molar-refractivity contribution in [1.82, 2.24) is 9.78 Å². The highest BCUT2D eigenvalue weighted by atomic mass is 32.2. The minimum absolute atomic E-state index is 0.258. The number of nitrogens with zero attached hydrogens (tertiary/aromatic N) is 3. The normalized spacial score (nSPS) is 11.2. The molecule has 0 aliphatic heterocycles. The van der Waals surface area contributed by atoms with Crippen molar-refractivity contribution in [3.63, 3.8) is 0 Å². The molecule has 5 nitrogen and oxygen atoms in total. The fraction of sp³-hybridized carbons (Fsp3) is 0.111. The van der Waals surface area contributed by atoms with Crippen molar-refractivity contribution < 1.29 is 8.42 Å². The zero-order chi connectivity index (χ0) is 17.3. The second-order valence-corrected chi connectivity index (χ2v) is 7.59. The Kier molecular flexibility index (Phi) is 3.96. The van der Waals surface area contributed by atoms with Gasteiger partial charge in [-0.2, -0.15) is 10.4 Å². The van der Waals surface area contributed by atoms with Crippen molar-refractivity contribution in [2.24, 2.45) is 0 Å². The molecule has 1 heterocycles. The Hall–Kier alpha value is -2.91. The van der Waals surface area contributed by atoms with Crippen LogP contribution in [0.4, 0.5) is 0 Å². The van der Waals surface area contributed by atoms with Crippen LogP contribution in [0, 0.1) is 18.3 Å². The van der Waals surface area contributed by atoms with Crippen molar-refractivity contribution in [2.45, 2.75) is 11.8 Å². The number of hydrogen-bond donors (Lipinski definition) is 0. The first kappa shape index (κ1) is 16.0. The highest BCUT2D eigenvalue weighted by Gasteiger charge is 2.13. The Morgan fingerprint density at radius 3 is 2.21 bits per heavy atom. The van der Waals surface area contributed by atoms with Gasteiger partial charge in [0.1, 0.15) is 6.07 Å². The van der Waals surface area contributed by atoms with Crippen molar-refractivity contribution in [3.05, 3.63) is 65.9 Å². The maximum Gasteiger partial charge on any atom is 0.175 e. The van der Waals surface area contributed by atoms with Gasteiger partial charge in [0.05, 0.1) is 16.3 Å². The van der Waals surface area contributed by atoms with Gasteiger partial charge in [0.15, 0.2) is 15.5 Å². The SMILES string of the molecule is Cc1ccc(-n2nc(C#N)cc2-c2ccc(S(C)(=O)=O)cc2)cc1. The zero-order valence-corrected chi connectivity index (χ0v) is 14.1. The van der Waals surface area contributed by atoms with E-state index in [1.165, 1.54) is 6.26 Å². The molecule has 0 spiro atoms. The van der Waals surface area contributed by atoms with Crippen LogP contribution in [0.3, 0.4) is 0 Å². The van der Waals surface area contributed by atoms with Crippen LogP contribution >= 0.6 is 0 Å². The van der Waals surface area contributed by atoms with Crippen molar-refractivity contribution in [3.8, 4) is 23.0 Å². The summed E-state index contributed by atoms with van der Waals surface area (Å²) in [5, 5.41) is 13.5. The molecule has 3 aromatic rings. The quantitative estimate of drug-likeness (QED) is 0.736. The predicted molar refractivity (Wildman–Crippen MR) is 91.6 cm³/mol. The Morgan fingerprint density at radius 1 is 1.04 bits per heavy atom. The van der Waals surface area contributed by atoms with E-state index in [9.17, 15) is 8.42 Å². The van der Waals surface area contributed by atoms with E-state index in [0.29, 0.717) is 5.69 Å². The molecule has 2 aromatic carbocycles. The van der Waals surface area contributed by atoms with Crippen molar-refractivity contribution in [1.29, 1.82) is 5.26 Å². The van der Waals surface area contributed by atoms with E-state index in [1.54, 1.807) is 35.0 Å². The lowest BCUT2D eigenvalue weighted by Gasteiger charge is -2.08. The minimum atomic E-state index is -3.24. The average molecular weight is 337 g/mol. The van der Waals surface area contributed by atoms with Gasteiger partial charge in [-0.1, -0.05) is 29.8 Å². The highest BCUT2D eigenvalue weighted by Crippen LogP contribution is 2.25. The lowest BCUT2D eigenvalue weighted by molar-refractivity contribution is 0.602. The Labute approximate surface area is 140 Å². The molecule has 0 unspecified atom stereocenters. The molecule has 0 fully saturated rings. The van der Waals surface area contributed by atoms with Crippen LogP contribution in [-0.4, -0.2) is 24.5 Å². The van der Waals surface area contributed by atoms with E-state index in [0.717, 1.165) is 22.5 Å². The van der Waals surface area contributed by atoms with Crippen LogP contribution in [0.2, 0.25) is 0 Å². The highest BCUT2D eigenvalue weighted by molar-refractivity contribution is 7.90. The van der Waals surface area contributed by atoms with Crippen molar-refractivity contribution in [2.75, 3.05) is 6.26 Å². The van der Waals surface area contributed by atoms with Crippen LogP contribution in [0.25, 0.3) is 16.9 Å². The third-order valence-electron chi connectivity index (χ3n) is 3.68. The molecule has 120 valence electrons. The first-order valence-electron chi connectivity index (χ1n) is 7.26. The molecule has 3 rings (SSSR count). The fourth-order valence-corrected chi connectivity index (χ4v) is 3.03. The summed E-state index contributed by atoms with van der Waals surface area (Å²) in [5.74, 6) is 0. The Bertz CT molecular complexity index is 1030. The summed E-state index contributed by atoms with van der Waals surface area (Å²) in [7, 11) is -3.24. The van der Waals surface area contributed by atoms with Crippen LogP contribution in [-0.2, 0) is 9.84 Å². The van der Waals surface area contributed by atoms with E-state index >= 15 is 0 Å². The average Bonchev–Trinajstić information content (AvgIpc) is 2.99. The number of benzene rings is 2. The first-order valence-corrected chi connectivity index (χ1v) is 9.15. The van der Waals surface area contributed by atoms with E-state index in [2.05, 4.69) is 5.10 Å². The summed E-state index contributed by atoms with van der Waals surface area (Å²) in [6.07, 6.45) is 1.17. The molecule has 24 heavy (non-hydrogen) atoms. The number of hydrogen-bond acceptors (Lipinski definition) is 4. The molecule has 0 saturated carbocycles. The van der Waals surface area contributed by atoms with Crippen molar-refractivity contribution >= 4 is 9.84 Å². The second-order valence-electron chi connectivity index (χ2n) is 5.57. The predicted octanol–water partition coefficient (Wildman–Crippen LogP) is 3.12. The Balaban J connectivity index is 2.12. The third-order valence-corrected chi connectivity index (χ3v) is 4.81. The molecule has 0 radical (unpaired) electrons. The van der Waals surface area contributed by atoms with Gasteiger partial charge in [0, 0.05) is 17.9 Å². The van der Waals surface area contributed by atoms with Gasteiger partial charge in [0.2, 0.25) is 0 Å². The van der Waals surface area contributed by atoms with Gasteiger partial charge in [0.25, 0.3) is 0 Å². The number of aryl methyl sites for hydroxylation is 1. The van der Waals surface area contributed by atoms with E-state index in [1.807, 2.05) is 37.3 Å². The smallest absolute Gasteiger partial charge is 0.175 e. The van der Waals surface area contributed by atoms with Gasteiger partial charge in [-0.05, 0) is 31.2 Å². The van der Waals surface area contributed by atoms with E-state index in [-0.39, 0.29) is 4.90 Å². The lowest BCUT2D eigenvalue weighted by atomic mass is 10.1. The van der Waals surface area contributed by atoms with Crippen LogP contribution in [0.5, 0.6) is 0 Å². The second kappa shape index (κ2) is 5.95. The molecule has 6 heteroatoms. The first-order chi connectivity index (χ1) is 11.4. The molecule has 0 aliphatic rings. The van der Waals surface area contributed by atoms with Gasteiger partial charge in [-0.15, -0.1) is 0 Å². The topological polar surface area (TPSA) is 75.8 Å². The van der Waals surface area contributed by atoms with Crippen LogP contribution in [0.15, 0.2) is 59.5 Å². The molecule has 0 N–H and O–H groups in total. The van der Waals surface area contributed by atoms with Crippen LogP contribution in [0.1, 0.15) is 11.3 Å². The monoisotopic (exact) mass is 337 g/mol. The summed E-state index contributed by atoms with van der Waals surface area (Å²) >= 11 is 0. The van der Waals surface area contributed by atoms with Gasteiger partial charge < -0.3 is 0 Å². The molecular formula is C18H15N3O2S. The summed E-state index contributed by atoms with van der Waals surface area (Å²) in [6, 6.07) is 18.1. The molecule has 0 bridgehead atoms. The molecule has 0 amide bonds. The van der Waals surface area contributed by atoms with Gasteiger partial charge >= 0.3 is 0 Å². The lowest BCUT2D eigenvalue weighted by Crippen LogP contribution is -2.00. The number of nitriles is 1. The maximum absolute atomic E-state index is 11.6. The summed E-state index contributed by atoms with van der Waals surface area (Å²) in [5.41, 5.74) is 3.79. The molecule has 0 aliphatic carbocycles. The number of aromatic nitrogens is 2.